The van der Waals surface area contributed by atoms with Gasteiger partial charge >= 0.3 is 0 Å². The van der Waals surface area contributed by atoms with E-state index in [1.165, 1.54) is 36.7 Å². The van der Waals surface area contributed by atoms with Gasteiger partial charge in [-0.3, -0.25) is 9.10 Å². The molecule has 1 unspecified atom stereocenters. The number of nitrogens with zero attached hydrogens (tertiary/aromatic N) is 3. The van der Waals surface area contributed by atoms with Crippen LogP contribution in [0.5, 0.6) is 0 Å². The first-order valence-electron chi connectivity index (χ1n) is 10.3. The molecule has 0 aliphatic carbocycles. The standard InChI is InChI=1S/C22H25N5O5S2/c1-4-20(27(33(3,29)30)18-10-6-16(2)7-11-18)21(28)25-17-8-12-19(13-9-17)34(31,32)26-22-23-14-5-15-24-22/h5-15,20H,4H2,1-3H3,(H,25,28)(H,23,24,26). The van der Waals surface area contributed by atoms with Crippen LogP contribution in [0.15, 0.2) is 71.9 Å². The Hall–Kier alpha value is -3.51. The fraction of sp³-hybridized carbons (Fsp3) is 0.227. The predicted molar refractivity (Wildman–Crippen MR) is 130 cm³/mol. The Labute approximate surface area is 199 Å². The average Bonchev–Trinajstić information content (AvgIpc) is 2.78. The van der Waals surface area contributed by atoms with E-state index in [1.54, 1.807) is 37.3 Å². The molecule has 12 heteroatoms. The van der Waals surface area contributed by atoms with Crippen molar-refractivity contribution in [2.75, 3.05) is 20.6 Å². The monoisotopic (exact) mass is 503 g/mol. The number of hydrogen-bond acceptors (Lipinski definition) is 7. The maximum absolute atomic E-state index is 13.0. The topological polar surface area (TPSA) is 138 Å². The number of rotatable bonds is 9. The highest BCUT2D eigenvalue weighted by Crippen LogP contribution is 2.24. The maximum Gasteiger partial charge on any atom is 0.264 e. The summed E-state index contributed by atoms with van der Waals surface area (Å²) in [4.78, 5) is 20.6. The second kappa shape index (κ2) is 10.2. The van der Waals surface area contributed by atoms with Gasteiger partial charge in [0.2, 0.25) is 21.9 Å². The van der Waals surface area contributed by atoms with Gasteiger partial charge in [0.1, 0.15) is 6.04 Å². The molecule has 1 heterocycles. The minimum atomic E-state index is -3.93. The Balaban J connectivity index is 1.79. The number of carbonyl (C=O) groups is 1. The zero-order chi connectivity index (χ0) is 24.9. The molecule has 1 aromatic heterocycles. The summed E-state index contributed by atoms with van der Waals surface area (Å²) in [7, 11) is -7.69. The van der Waals surface area contributed by atoms with Crippen LogP contribution >= 0.6 is 0 Å². The van der Waals surface area contributed by atoms with E-state index in [0.717, 1.165) is 16.1 Å². The molecule has 180 valence electrons. The lowest BCUT2D eigenvalue weighted by Gasteiger charge is -2.30. The van der Waals surface area contributed by atoms with Crippen LogP contribution in [-0.2, 0) is 24.8 Å². The van der Waals surface area contributed by atoms with E-state index in [0.29, 0.717) is 11.4 Å². The highest BCUT2D eigenvalue weighted by atomic mass is 32.2. The molecule has 1 atom stereocenters. The number of anilines is 3. The molecular weight excluding hydrogens is 478 g/mol. The van der Waals surface area contributed by atoms with Gasteiger partial charge in [0, 0.05) is 18.1 Å². The molecule has 0 saturated carbocycles. The molecule has 1 amide bonds. The van der Waals surface area contributed by atoms with Gasteiger partial charge in [0.15, 0.2) is 0 Å². The number of benzene rings is 2. The summed E-state index contributed by atoms with van der Waals surface area (Å²) in [6.45, 7) is 3.59. The van der Waals surface area contributed by atoms with E-state index in [-0.39, 0.29) is 17.3 Å². The number of aryl methyl sites for hydroxylation is 1. The van der Waals surface area contributed by atoms with E-state index in [2.05, 4.69) is 20.0 Å². The molecular formula is C22H25N5O5S2. The molecule has 3 rings (SSSR count). The van der Waals surface area contributed by atoms with E-state index in [4.69, 9.17) is 0 Å². The van der Waals surface area contributed by atoms with Crippen LogP contribution in [0.25, 0.3) is 0 Å². The van der Waals surface area contributed by atoms with Crippen molar-refractivity contribution in [2.24, 2.45) is 0 Å². The molecule has 0 radical (unpaired) electrons. The van der Waals surface area contributed by atoms with Crippen molar-refractivity contribution in [1.82, 2.24) is 9.97 Å². The van der Waals surface area contributed by atoms with Crippen molar-refractivity contribution in [2.45, 2.75) is 31.2 Å². The van der Waals surface area contributed by atoms with Crippen molar-refractivity contribution in [3.05, 3.63) is 72.6 Å². The molecule has 2 aromatic carbocycles. The Bertz CT molecular complexity index is 1350. The third-order valence-corrected chi connectivity index (χ3v) is 7.37. The van der Waals surface area contributed by atoms with Crippen LogP contribution in [-0.4, -0.2) is 45.0 Å². The third kappa shape index (κ3) is 6.08. The highest BCUT2D eigenvalue weighted by molar-refractivity contribution is 7.92. The van der Waals surface area contributed by atoms with E-state index in [1.807, 2.05) is 6.92 Å². The molecule has 3 aromatic rings. The van der Waals surface area contributed by atoms with Crippen LogP contribution in [0.3, 0.4) is 0 Å². The lowest BCUT2D eigenvalue weighted by molar-refractivity contribution is -0.117. The summed E-state index contributed by atoms with van der Waals surface area (Å²) in [5.74, 6) is -0.609. The van der Waals surface area contributed by atoms with Crippen molar-refractivity contribution in [3.8, 4) is 0 Å². The SMILES string of the molecule is CCC(C(=O)Nc1ccc(S(=O)(=O)Nc2ncccn2)cc1)N(c1ccc(C)cc1)S(C)(=O)=O. The second-order valence-corrected chi connectivity index (χ2v) is 11.1. The summed E-state index contributed by atoms with van der Waals surface area (Å²) in [5.41, 5.74) is 1.65. The summed E-state index contributed by atoms with van der Waals surface area (Å²) in [5, 5.41) is 2.67. The first kappa shape index (κ1) is 25.1. The van der Waals surface area contributed by atoms with Gasteiger partial charge in [-0.1, -0.05) is 24.6 Å². The van der Waals surface area contributed by atoms with Gasteiger partial charge in [0.25, 0.3) is 10.0 Å². The second-order valence-electron chi connectivity index (χ2n) is 7.51. The minimum absolute atomic E-state index is 0.0533. The lowest BCUT2D eigenvalue weighted by Crippen LogP contribution is -2.47. The molecule has 0 bridgehead atoms. The van der Waals surface area contributed by atoms with Gasteiger partial charge in [-0.2, -0.15) is 0 Å². The highest BCUT2D eigenvalue weighted by Gasteiger charge is 2.31. The molecule has 34 heavy (non-hydrogen) atoms. The van der Waals surface area contributed by atoms with Crippen LogP contribution in [0, 0.1) is 6.92 Å². The number of hydrogen-bond donors (Lipinski definition) is 2. The Morgan fingerprint density at radius 3 is 2.09 bits per heavy atom. The predicted octanol–water partition coefficient (Wildman–Crippen LogP) is 2.77. The number of aromatic nitrogens is 2. The molecule has 10 nitrogen and oxygen atoms in total. The first-order valence-corrected chi connectivity index (χ1v) is 13.6. The van der Waals surface area contributed by atoms with Crippen LogP contribution in [0.2, 0.25) is 0 Å². The quantitative estimate of drug-likeness (QED) is 0.458. The molecule has 0 aliphatic rings. The zero-order valence-electron chi connectivity index (χ0n) is 18.8. The van der Waals surface area contributed by atoms with E-state index >= 15 is 0 Å². The van der Waals surface area contributed by atoms with Crippen molar-refractivity contribution in [1.29, 1.82) is 0 Å². The van der Waals surface area contributed by atoms with Crippen LogP contribution < -0.4 is 14.3 Å². The Kier molecular flexibility index (Phi) is 7.52. The summed E-state index contributed by atoms with van der Waals surface area (Å²) >= 11 is 0. The first-order chi connectivity index (χ1) is 16.0. The summed E-state index contributed by atoms with van der Waals surface area (Å²) < 4.78 is 53.5. The van der Waals surface area contributed by atoms with Crippen LogP contribution in [0.4, 0.5) is 17.3 Å². The largest absolute Gasteiger partial charge is 0.324 e. The molecule has 2 N–H and O–H groups in total. The Morgan fingerprint density at radius 1 is 0.971 bits per heavy atom. The summed E-state index contributed by atoms with van der Waals surface area (Å²) in [6.07, 6.45) is 4.08. The summed E-state index contributed by atoms with van der Waals surface area (Å²) in [6, 6.07) is 12.9. The minimum Gasteiger partial charge on any atom is -0.324 e. The van der Waals surface area contributed by atoms with Gasteiger partial charge < -0.3 is 5.32 Å². The molecule has 0 saturated heterocycles. The number of amides is 1. The fourth-order valence-corrected chi connectivity index (χ4v) is 5.40. The molecule has 0 aliphatic heterocycles. The van der Waals surface area contributed by atoms with Crippen LogP contribution in [0.1, 0.15) is 18.9 Å². The normalized spacial score (nSPS) is 12.6. The van der Waals surface area contributed by atoms with Gasteiger partial charge in [-0.25, -0.2) is 31.5 Å². The van der Waals surface area contributed by atoms with Gasteiger partial charge in [0.05, 0.1) is 16.8 Å². The Morgan fingerprint density at radius 2 is 1.56 bits per heavy atom. The average molecular weight is 504 g/mol. The van der Waals surface area contributed by atoms with E-state index < -0.39 is 32.0 Å². The number of carbonyl (C=O) groups excluding carboxylic acids is 1. The third-order valence-electron chi connectivity index (χ3n) is 4.84. The fourth-order valence-electron chi connectivity index (χ4n) is 3.23. The smallest absolute Gasteiger partial charge is 0.264 e. The van der Waals surface area contributed by atoms with Crippen molar-refractivity contribution in [3.63, 3.8) is 0 Å². The number of sulfonamides is 2. The lowest BCUT2D eigenvalue weighted by atomic mass is 10.1. The van der Waals surface area contributed by atoms with Crippen molar-refractivity contribution < 1.29 is 21.6 Å². The van der Waals surface area contributed by atoms with E-state index in [9.17, 15) is 21.6 Å². The maximum atomic E-state index is 13.0. The van der Waals surface area contributed by atoms with Crippen molar-refractivity contribution >= 4 is 43.3 Å². The van der Waals surface area contributed by atoms with Gasteiger partial charge in [-0.05, 0) is 55.8 Å². The number of nitrogens with one attached hydrogen (secondary N) is 2. The molecule has 0 fully saturated rings. The molecule has 0 spiro atoms. The zero-order valence-corrected chi connectivity index (χ0v) is 20.5. The van der Waals surface area contributed by atoms with Gasteiger partial charge in [-0.15, -0.1) is 0 Å².